The summed E-state index contributed by atoms with van der Waals surface area (Å²) in [5.41, 5.74) is 5.30. The van der Waals surface area contributed by atoms with Crippen molar-refractivity contribution in [2.45, 2.75) is 39.0 Å². The zero-order valence-electron chi connectivity index (χ0n) is 9.78. The van der Waals surface area contributed by atoms with E-state index in [0.29, 0.717) is 12.5 Å². The quantitative estimate of drug-likeness (QED) is 0.697. The van der Waals surface area contributed by atoms with E-state index in [4.69, 9.17) is 5.73 Å². The molecule has 0 spiro atoms. The van der Waals surface area contributed by atoms with Crippen molar-refractivity contribution in [3.8, 4) is 0 Å². The monoisotopic (exact) mass is 224 g/mol. The molecule has 90 valence electrons. The van der Waals surface area contributed by atoms with Gasteiger partial charge >= 0.3 is 6.03 Å². The van der Waals surface area contributed by atoms with E-state index in [1.54, 1.807) is 12.4 Å². The third-order valence-corrected chi connectivity index (χ3v) is 2.49. The van der Waals surface area contributed by atoms with Crippen molar-refractivity contribution in [1.29, 1.82) is 0 Å². The Bertz CT molecular complexity index is 297. The van der Waals surface area contributed by atoms with E-state index in [9.17, 15) is 4.79 Å². The van der Waals surface area contributed by atoms with Crippen LogP contribution >= 0.6 is 0 Å². The molecule has 0 unspecified atom stereocenters. The van der Waals surface area contributed by atoms with Crippen molar-refractivity contribution in [2.75, 3.05) is 11.4 Å². The molecule has 1 aromatic rings. The van der Waals surface area contributed by atoms with E-state index >= 15 is 0 Å². The predicted octanol–water partition coefficient (Wildman–Crippen LogP) is 2.27. The fourth-order valence-electron chi connectivity index (χ4n) is 1.60. The number of imidazole rings is 1. The van der Waals surface area contributed by atoms with Crippen LogP contribution in [0.15, 0.2) is 12.4 Å². The molecule has 1 rings (SSSR count). The number of unbranched alkanes of at least 4 members (excludes halogenated alkanes) is 4. The van der Waals surface area contributed by atoms with Crippen LogP contribution in [0.2, 0.25) is 0 Å². The van der Waals surface area contributed by atoms with E-state index in [2.05, 4.69) is 16.9 Å². The molecule has 5 heteroatoms. The Balaban J connectivity index is 2.33. The molecule has 0 aromatic carbocycles. The van der Waals surface area contributed by atoms with Crippen LogP contribution in [0.25, 0.3) is 0 Å². The summed E-state index contributed by atoms with van der Waals surface area (Å²) in [6, 6.07) is -0.453. The van der Waals surface area contributed by atoms with Crippen LogP contribution in [-0.2, 0) is 0 Å². The predicted molar refractivity (Wildman–Crippen MR) is 64.3 cm³/mol. The lowest BCUT2D eigenvalue weighted by Crippen LogP contribution is -2.37. The number of nitrogens with two attached hydrogens (primary N) is 1. The first kappa shape index (κ1) is 12.5. The van der Waals surface area contributed by atoms with Crippen molar-refractivity contribution in [3.05, 3.63) is 12.4 Å². The number of carbonyl (C=O) groups excluding carboxylic acids is 1. The minimum Gasteiger partial charge on any atom is -0.351 e. The number of carbonyl (C=O) groups is 1. The van der Waals surface area contributed by atoms with Gasteiger partial charge in [-0.05, 0) is 6.42 Å². The van der Waals surface area contributed by atoms with Crippen LogP contribution in [-0.4, -0.2) is 22.5 Å². The molecule has 0 aliphatic carbocycles. The number of rotatable bonds is 7. The number of nitrogens with one attached hydrogen (secondary N) is 1. The molecule has 0 bridgehead atoms. The van der Waals surface area contributed by atoms with Crippen molar-refractivity contribution in [3.63, 3.8) is 0 Å². The Morgan fingerprint density at radius 3 is 2.75 bits per heavy atom. The molecule has 0 aliphatic heterocycles. The number of H-pyrrole nitrogens is 1. The molecule has 5 nitrogen and oxygen atoms in total. The molecule has 16 heavy (non-hydrogen) atoms. The van der Waals surface area contributed by atoms with E-state index in [0.717, 1.165) is 12.8 Å². The van der Waals surface area contributed by atoms with Gasteiger partial charge in [0.1, 0.15) is 0 Å². The summed E-state index contributed by atoms with van der Waals surface area (Å²) in [7, 11) is 0. The van der Waals surface area contributed by atoms with Gasteiger partial charge in [-0.25, -0.2) is 9.78 Å². The van der Waals surface area contributed by atoms with Crippen molar-refractivity contribution in [1.82, 2.24) is 9.97 Å². The zero-order chi connectivity index (χ0) is 11.8. The molecule has 0 fully saturated rings. The number of nitrogens with zero attached hydrogens (tertiary/aromatic N) is 2. The summed E-state index contributed by atoms with van der Waals surface area (Å²) >= 11 is 0. The van der Waals surface area contributed by atoms with Gasteiger partial charge < -0.3 is 10.7 Å². The van der Waals surface area contributed by atoms with Crippen molar-refractivity contribution < 1.29 is 4.79 Å². The number of aromatic amines is 1. The molecule has 0 aliphatic rings. The standard InChI is InChI=1S/C11H20N4O/c1-2-3-4-5-6-9-15(10(12)16)11-13-7-8-14-11/h7-8H,2-6,9H2,1H3,(H2,12,16)(H,13,14). The summed E-state index contributed by atoms with van der Waals surface area (Å²) in [6.07, 6.45) is 9.06. The molecule has 0 saturated carbocycles. The first-order valence-corrected chi connectivity index (χ1v) is 5.82. The number of anilines is 1. The van der Waals surface area contributed by atoms with E-state index < -0.39 is 6.03 Å². The Morgan fingerprint density at radius 2 is 2.19 bits per heavy atom. The molecule has 1 aromatic heterocycles. The highest BCUT2D eigenvalue weighted by Crippen LogP contribution is 2.09. The number of urea groups is 1. The van der Waals surface area contributed by atoms with Crippen LogP contribution in [0.3, 0.4) is 0 Å². The molecule has 0 radical (unpaired) electrons. The van der Waals surface area contributed by atoms with Gasteiger partial charge in [-0.15, -0.1) is 0 Å². The summed E-state index contributed by atoms with van der Waals surface area (Å²) in [6.45, 7) is 2.81. The normalized spacial score (nSPS) is 10.3. The zero-order valence-corrected chi connectivity index (χ0v) is 9.78. The first-order valence-electron chi connectivity index (χ1n) is 5.82. The second kappa shape index (κ2) is 6.87. The van der Waals surface area contributed by atoms with Crippen LogP contribution in [0.4, 0.5) is 10.7 Å². The van der Waals surface area contributed by atoms with Gasteiger partial charge in [-0.3, -0.25) is 4.90 Å². The lowest BCUT2D eigenvalue weighted by Gasteiger charge is -2.16. The number of hydrogen-bond donors (Lipinski definition) is 2. The fraction of sp³-hybridized carbons (Fsp3) is 0.636. The summed E-state index contributed by atoms with van der Waals surface area (Å²) in [5.74, 6) is 0.531. The Hall–Kier alpha value is -1.52. The second-order valence-corrected chi connectivity index (χ2v) is 3.82. The average molecular weight is 224 g/mol. The molecule has 0 atom stereocenters. The highest BCUT2D eigenvalue weighted by molar-refractivity contribution is 5.88. The van der Waals surface area contributed by atoms with Gasteiger partial charge in [0.05, 0.1) is 0 Å². The SMILES string of the molecule is CCCCCCCN(C(N)=O)c1ncc[nH]1. The van der Waals surface area contributed by atoms with Crippen LogP contribution in [0.5, 0.6) is 0 Å². The van der Waals surface area contributed by atoms with Gasteiger partial charge in [0.15, 0.2) is 0 Å². The lowest BCUT2D eigenvalue weighted by atomic mass is 10.1. The fourth-order valence-corrected chi connectivity index (χ4v) is 1.60. The van der Waals surface area contributed by atoms with Crippen LogP contribution in [0.1, 0.15) is 39.0 Å². The maximum absolute atomic E-state index is 11.2. The number of aromatic nitrogens is 2. The van der Waals surface area contributed by atoms with Gasteiger partial charge in [0.2, 0.25) is 5.95 Å². The maximum Gasteiger partial charge on any atom is 0.321 e. The van der Waals surface area contributed by atoms with Gasteiger partial charge in [0, 0.05) is 18.9 Å². The summed E-state index contributed by atoms with van der Waals surface area (Å²) < 4.78 is 0. The minimum absolute atomic E-state index is 0.453. The molecule has 0 saturated heterocycles. The highest BCUT2D eigenvalue weighted by atomic mass is 16.2. The van der Waals surface area contributed by atoms with Gasteiger partial charge in [-0.1, -0.05) is 32.6 Å². The number of amides is 2. The molecule has 2 amide bonds. The Morgan fingerprint density at radius 1 is 1.44 bits per heavy atom. The van der Waals surface area contributed by atoms with Crippen molar-refractivity contribution >= 4 is 12.0 Å². The smallest absolute Gasteiger partial charge is 0.321 e. The Labute approximate surface area is 96.0 Å². The van der Waals surface area contributed by atoms with Crippen LogP contribution in [0, 0.1) is 0 Å². The molecule has 3 N–H and O–H groups in total. The topological polar surface area (TPSA) is 75.0 Å². The highest BCUT2D eigenvalue weighted by Gasteiger charge is 2.13. The molecular formula is C11H20N4O. The van der Waals surface area contributed by atoms with Crippen LogP contribution < -0.4 is 10.6 Å². The van der Waals surface area contributed by atoms with Gasteiger partial charge in [0.25, 0.3) is 0 Å². The lowest BCUT2D eigenvalue weighted by molar-refractivity contribution is 0.253. The van der Waals surface area contributed by atoms with E-state index in [1.807, 2.05) is 0 Å². The third-order valence-electron chi connectivity index (χ3n) is 2.49. The average Bonchev–Trinajstić information content (AvgIpc) is 2.76. The molecule has 1 heterocycles. The first-order chi connectivity index (χ1) is 7.75. The number of hydrogen-bond acceptors (Lipinski definition) is 2. The number of primary amides is 1. The maximum atomic E-state index is 11.2. The van der Waals surface area contributed by atoms with E-state index in [-0.39, 0.29) is 0 Å². The van der Waals surface area contributed by atoms with Crippen molar-refractivity contribution in [2.24, 2.45) is 5.73 Å². The largest absolute Gasteiger partial charge is 0.351 e. The Kier molecular flexibility index (Phi) is 5.39. The summed E-state index contributed by atoms with van der Waals surface area (Å²) in [5, 5.41) is 0. The second-order valence-electron chi connectivity index (χ2n) is 3.82. The molecular weight excluding hydrogens is 204 g/mol. The third kappa shape index (κ3) is 3.92. The minimum atomic E-state index is -0.453. The van der Waals surface area contributed by atoms with E-state index in [1.165, 1.54) is 24.2 Å². The van der Waals surface area contributed by atoms with Gasteiger partial charge in [-0.2, -0.15) is 0 Å². The summed E-state index contributed by atoms with van der Waals surface area (Å²) in [4.78, 5) is 19.6.